The number of nitrogens with zero attached hydrogens (tertiary/aromatic N) is 1. The van der Waals surface area contributed by atoms with Crippen molar-refractivity contribution in [1.29, 1.82) is 0 Å². The molecule has 3 aromatic rings. The second-order valence-corrected chi connectivity index (χ2v) is 6.44. The fourth-order valence-corrected chi connectivity index (χ4v) is 2.71. The SMILES string of the molecule is CC(NC(=O)c1ccc(COc2cc([N+](=O)[O-])ccc2Cl)o1)c1ccccc1. The van der Waals surface area contributed by atoms with Crippen molar-refractivity contribution in [3.05, 3.63) is 92.9 Å². The first-order chi connectivity index (χ1) is 13.4. The van der Waals surface area contributed by atoms with Gasteiger partial charge in [0.1, 0.15) is 18.1 Å². The Morgan fingerprint density at radius 2 is 1.96 bits per heavy atom. The molecular weight excluding hydrogens is 384 g/mol. The first kappa shape index (κ1) is 19.4. The van der Waals surface area contributed by atoms with Crippen LogP contribution in [0.3, 0.4) is 0 Å². The minimum atomic E-state index is -0.535. The molecule has 1 heterocycles. The van der Waals surface area contributed by atoms with E-state index in [4.69, 9.17) is 20.8 Å². The third kappa shape index (κ3) is 4.69. The lowest BCUT2D eigenvalue weighted by molar-refractivity contribution is -0.384. The molecule has 0 fully saturated rings. The molecule has 1 amide bonds. The van der Waals surface area contributed by atoms with Crippen LogP contribution in [0.2, 0.25) is 5.02 Å². The van der Waals surface area contributed by atoms with Gasteiger partial charge in [0.2, 0.25) is 0 Å². The van der Waals surface area contributed by atoms with Crippen molar-refractivity contribution < 1.29 is 18.9 Å². The minimum Gasteiger partial charge on any atom is -0.484 e. The summed E-state index contributed by atoms with van der Waals surface area (Å²) in [4.78, 5) is 22.7. The summed E-state index contributed by atoms with van der Waals surface area (Å²) in [7, 11) is 0. The molecule has 1 aromatic heterocycles. The zero-order valence-corrected chi connectivity index (χ0v) is 15.7. The Labute approximate surface area is 166 Å². The summed E-state index contributed by atoms with van der Waals surface area (Å²) >= 11 is 6.00. The summed E-state index contributed by atoms with van der Waals surface area (Å²) in [6.45, 7) is 1.85. The molecule has 0 aliphatic rings. The summed E-state index contributed by atoms with van der Waals surface area (Å²) in [6, 6.07) is 16.4. The third-order valence-corrected chi connectivity index (χ3v) is 4.34. The Hall–Kier alpha value is -3.32. The van der Waals surface area contributed by atoms with E-state index in [1.165, 1.54) is 18.2 Å². The molecule has 0 bridgehead atoms. The van der Waals surface area contributed by atoms with Crippen LogP contribution in [0.5, 0.6) is 5.75 Å². The quantitative estimate of drug-likeness (QED) is 0.449. The van der Waals surface area contributed by atoms with Crippen LogP contribution in [0.15, 0.2) is 65.1 Å². The van der Waals surface area contributed by atoms with Crippen molar-refractivity contribution in [3.63, 3.8) is 0 Å². The van der Waals surface area contributed by atoms with E-state index in [2.05, 4.69) is 5.32 Å². The molecule has 0 radical (unpaired) electrons. The van der Waals surface area contributed by atoms with E-state index >= 15 is 0 Å². The molecule has 2 aromatic carbocycles. The number of benzene rings is 2. The Balaban J connectivity index is 1.62. The van der Waals surface area contributed by atoms with E-state index in [0.717, 1.165) is 5.56 Å². The van der Waals surface area contributed by atoms with Crippen LogP contribution in [-0.4, -0.2) is 10.8 Å². The first-order valence-corrected chi connectivity index (χ1v) is 8.83. The van der Waals surface area contributed by atoms with Gasteiger partial charge in [-0.2, -0.15) is 0 Å². The van der Waals surface area contributed by atoms with E-state index in [1.54, 1.807) is 12.1 Å². The second-order valence-electron chi connectivity index (χ2n) is 6.03. The zero-order valence-electron chi connectivity index (χ0n) is 14.9. The molecule has 0 aliphatic carbocycles. The lowest BCUT2D eigenvalue weighted by Crippen LogP contribution is -2.26. The molecule has 144 valence electrons. The summed E-state index contributed by atoms with van der Waals surface area (Å²) in [5, 5.41) is 14.0. The Kier molecular flexibility index (Phi) is 5.96. The van der Waals surface area contributed by atoms with Crippen molar-refractivity contribution in [1.82, 2.24) is 5.32 Å². The van der Waals surface area contributed by atoms with E-state index in [0.29, 0.717) is 5.76 Å². The van der Waals surface area contributed by atoms with Gasteiger partial charge in [-0.25, -0.2) is 0 Å². The van der Waals surface area contributed by atoms with Gasteiger partial charge < -0.3 is 14.5 Å². The first-order valence-electron chi connectivity index (χ1n) is 8.45. The normalized spacial score (nSPS) is 11.6. The molecule has 1 N–H and O–H groups in total. The van der Waals surface area contributed by atoms with Gasteiger partial charge in [0.15, 0.2) is 5.76 Å². The summed E-state index contributed by atoms with van der Waals surface area (Å²) < 4.78 is 11.0. The second kappa shape index (κ2) is 8.58. The van der Waals surface area contributed by atoms with E-state index in [1.807, 2.05) is 37.3 Å². The van der Waals surface area contributed by atoms with Crippen LogP contribution in [0, 0.1) is 10.1 Å². The standard InChI is InChI=1S/C20H17ClN2O5/c1-13(14-5-3-2-4-6-14)22-20(24)18-10-8-16(28-18)12-27-19-11-15(23(25)26)7-9-17(19)21/h2-11,13H,12H2,1H3,(H,22,24). The monoisotopic (exact) mass is 400 g/mol. The largest absolute Gasteiger partial charge is 0.484 e. The summed E-state index contributed by atoms with van der Waals surface area (Å²) in [5.74, 6) is 0.346. The van der Waals surface area contributed by atoms with Gasteiger partial charge in [-0.15, -0.1) is 0 Å². The molecule has 0 spiro atoms. The van der Waals surface area contributed by atoms with Crippen molar-refractivity contribution in [2.24, 2.45) is 0 Å². The van der Waals surface area contributed by atoms with E-state index in [9.17, 15) is 14.9 Å². The molecule has 0 saturated carbocycles. The van der Waals surface area contributed by atoms with Gasteiger partial charge >= 0.3 is 0 Å². The maximum Gasteiger partial charge on any atom is 0.287 e. The molecule has 3 rings (SSSR count). The number of hydrogen-bond acceptors (Lipinski definition) is 5. The number of non-ortho nitro benzene ring substituents is 1. The predicted molar refractivity (Wildman–Crippen MR) is 103 cm³/mol. The fraction of sp³-hybridized carbons (Fsp3) is 0.150. The molecule has 28 heavy (non-hydrogen) atoms. The van der Waals surface area contributed by atoms with Crippen LogP contribution in [-0.2, 0) is 6.61 Å². The average Bonchev–Trinajstić information content (AvgIpc) is 3.17. The lowest BCUT2D eigenvalue weighted by atomic mass is 10.1. The number of carbonyl (C=O) groups is 1. The summed E-state index contributed by atoms with van der Waals surface area (Å²) in [5.41, 5.74) is 0.847. The molecular formula is C20H17ClN2O5. The van der Waals surface area contributed by atoms with E-state index < -0.39 is 4.92 Å². The number of ether oxygens (including phenoxy) is 1. The number of nitrogens with one attached hydrogen (secondary N) is 1. The molecule has 1 unspecified atom stereocenters. The minimum absolute atomic E-state index is 0.0254. The van der Waals surface area contributed by atoms with E-state index in [-0.39, 0.29) is 40.8 Å². The highest BCUT2D eigenvalue weighted by Crippen LogP contribution is 2.29. The zero-order chi connectivity index (χ0) is 20.1. The number of nitro benzene ring substituents is 1. The van der Waals surface area contributed by atoms with Crippen molar-refractivity contribution in [2.45, 2.75) is 19.6 Å². The molecule has 0 saturated heterocycles. The third-order valence-electron chi connectivity index (χ3n) is 4.03. The van der Waals surface area contributed by atoms with Gasteiger partial charge in [-0.3, -0.25) is 14.9 Å². The van der Waals surface area contributed by atoms with Crippen molar-refractivity contribution in [3.8, 4) is 5.75 Å². The van der Waals surface area contributed by atoms with Gasteiger partial charge in [0.05, 0.1) is 22.1 Å². The Morgan fingerprint density at radius 3 is 2.68 bits per heavy atom. The number of rotatable bonds is 7. The highest BCUT2D eigenvalue weighted by molar-refractivity contribution is 6.32. The van der Waals surface area contributed by atoms with Crippen molar-refractivity contribution in [2.75, 3.05) is 0 Å². The number of furan rings is 1. The molecule has 7 nitrogen and oxygen atoms in total. The highest BCUT2D eigenvalue weighted by atomic mass is 35.5. The van der Waals surface area contributed by atoms with Crippen LogP contribution >= 0.6 is 11.6 Å². The van der Waals surface area contributed by atoms with Gasteiger partial charge in [0, 0.05) is 6.07 Å². The predicted octanol–water partition coefficient (Wildman–Crippen LogP) is 4.91. The van der Waals surface area contributed by atoms with Gasteiger partial charge in [-0.1, -0.05) is 41.9 Å². The van der Waals surface area contributed by atoms with Crippen LogP contribution < -0.4 is 10.1 Å². The number of hydrogen-bond donors (Lipinski definition) is 1. The Morgan fingerprint density at radius 1 is 1.21 bits per heavy atom. The number of nitro groups is 1. The maximum atomic E-state index is 12.3. The van der Waals surface area contributed by atoms with Crippen LogP contribution in [0.25, 0.3) is 0 Å². The number of amides is 1. The maximum absolute atomic E-state index is 12.3. The molecule has 1 atom stereocenters. The molecule has 0 aliphatic heterocycles. The Bertz CT molecular complexity index is 987. The summed E-state index contributed by atoms with van der Waals surface area (Å²) in [6.07, 6.45) is 0. The fourth-order valence-electron chi connectivity index (χ4n) is 2.54. The van der Waals surface area contributed by atoms with Gasteiger partial charge in [0.25, 0.3) is 11.6 Å². The smallest absolute Gasteiger partial charge is 0.287 e. The lowest BCUT2D eigenvalue weighted by Gasteiger charge is -2.13. The van der Waals surface area contributed by atoms with Crippen LogP contribution in [0.1, 0.15) is 34.8 Å². The van der Waals surface area contributed by atoms with Gasteiger partial charge in [-0.05, 0) is 30.7 Å². The topological polar surface area (TPSA) is 94.6 Å². The van der Waals surface area contributed by atoms with Crippen LogP contribution in [0.4, 0.5) is 5.69 Å². The molecule has 8 heteroatoms. The highest BCUT2D eigenvalue weighted by Gasteiger charge is 2.16. The van der Waals surface area contributed by atoms with Crippen molar-refractivity contribution >= 4 is 23.2 Å². The number of halogens is 1. The number of carbonyl (C=O) groups excluding carboxylic acids is 1. The average molecular weight is 401 g/mol.